The number of amides is 1. The molecule has 0 unspecified atom stereocenters. The Balaban J connectivity index is 1.84. The first-order valence-corrected chi connectivity index (χ1v) is 8.43. The summed E-state index contributed by atoms with van der Waals surface area (Å²) in [4.78, 5) is 14.9. The van der Waals surface area contributed by atoms with Crippen molar-refractivity contribution in [2.24, 2.45) is 0 Å². The Morgan fingerprint density at radius 3 is 2.41 bits per heavy atom. The topological polar surface area (TPSA) is 82.0 Å². The highest BCUT2D eigenvalue weighted by atomic mass is 16.5. The van der Waals surface area contributed by atoms with Gasteiger partial charge in [0.1, 0.15) is 11.9 Å². The average Bonchev–Trinajstić information content (AvgIpc) is 2.70. The van der Waals surface area contributed by atoms with Gasteiger partial charge in [0, 0.05) is 11.4 Å². The Morgan fingerprint density at radius 2 is 1.70 bits per heavy atom. The Morgan fingerprint density at radius 1 is 0.963 bits per heavy atom. The van der Waals surface area contributed by atoms with Crippen LogP contribution in [0.1, 0.15) is 22.1 Å². The molecule has 136 valence electrons. The van der Waals surface area contributed by atoms with Crippen LogP contribution in [0.5, 0.6) is 17.2 Å². The first-order valence-electron chi connectivity index (χ1n) is 8.43. The van der Waals surface area contributed by atoms with Crippen molar-refractivity contribution in [3.8, 4) is 17.2 Å². The molecule has 0 aromatic heterocycles. The SMILES string of the molecule is COc1ccc(N2C(=O)c3ccccc3N[C@H]2c2ccc(O)c(O)c2)cc1. The molecule has 6 nitrogen and oxygen atoms in total. The molecule has 0 saturated carbocycles. The van der Waals surface area contributed by atoms with E-state index < -0.39 is 6.17 Å². The largest absolute Gasteiger partial charge is 0.504 e. The lowest BCUT2D eigenvalue weighted by Crippen LogP contribution is -2.43. The molecule has 1 amide bonds. The third kappa shape index (κ3) is 2.91. The molecule has 0 saturated heterocycles. The quantitative estimate of drug-likeness (QED) is 0.616. The summed E-state index contributed by atoms with van der Waals surface area (Å²) in [5, 5.41) is 22.9. The van der Waals surface area contributed by atoms with Crippen LogP contribution in [-0.4, -0.2) is 23.2 Å². The van der Waals surface area contributed by atoms with Gasteiger partial charge in [0.25, 0.3) is 5.91 Å². The van der Waals surface area contributed by atoms with Crippen molar-refractivity contribution in [3.05, 3.63) is 77.9 Å². The van der Waals surface area contributed by atoms with Crippen molar-refractivity contribution in [1.29, 1.82) is 0 Å². The maximum absolute atomic E-state index is 13.3. The van der Waals surface area contributed by atoms with Gasteiger partial charge in [-0.05, 0) is 54.1 Å². The molecular weight excluding hydrogens is 344 g/mol. The number of methoxy groups -OCH3 is 1. The highest BCUT2D eigenvalue weighted by Crippen LogP contribution is 2.39. The number of para-hydroxylation sites is 1. The summed E-state index contributed by atoms with van der Waals surface area (Å²) < 4.78 is 5.20. The molecule has 1 aliphatic heterocycles. The van der Waals surface area contributed by atoms with Gasteiger partial charge in [-0.15, -0.1) is 0 Å². The number of carbonyl (C=O) groups excluding carboxylic acids is 1. The van der Waals surface area contributed by atoms with Gasteiger partial charge in [-0.1, -0.05) is 18.2 Å². The third-order valence-electron chi connectivity index (χ3n) is 4.59. The lowest BCUT2D eigenvalue weighted by molar-refractivity contribution is 0.0975. The predicted octanol–water partition coefficient (Wildman–Crippen LogP) is 3.88. The summed E-state index contributed by atoms with van der Waals surface area (Å²) in [7, 11) is 1.58. The van der Waals surface area contributed by atoms with E-state index in [4.69, 9.17) is 4.74 Å². The molecule has 3 N–H and O–H groups in total. The number of fused-ring (bicyclic) bond motifs is 1. The number of aromatic hydroxyl groups is 2. The number of hydrogen-bond acceptors (Lipinski definition) is 5. The van der Waals surface area contributed by atoms with Crippen LogP contribution in [0.2, 0.25) is 0 Å². The van der Waals surface area contributed by atoms with Crippen molar-refractivity contribution >= 4 is 17.3 Å². The van der Waals surface area contributed by atoms with Crippen LogP contribution in [0.3, 0.4) is 0 Å². The van der Waals surface area contributed by atoms with Crippen LogP contribution in [0.15, 0.2) is 66.7 Å². The summed E-state index contributed by atoms with van der Waals surface area (Å²) in [5.41, 5.74) is 2.60. The second-order valence-electron chi connectivity index (χ2n) is 6.21. The first kappa shape index (κ1) is 16.8. The van der Waals surface area contributed by atoms with E-state index >= 15 is 0 Å². The number of nitrogens with one attached hydrogen (secondary N) is 1. The maximum atomic E-state index is 13.3. The summed E-state index contributed by atoms with van der Waals surface area (Å²) >= 11 is 0. The van der Waals surface area contributed by atoms with Gasteiger partial charge in [0.2, 0.25) is 0 Å². The lowest BCUT2D eigenvalue weighted by Gasteiger charge is -2.38. The minimum atomic E-state index is -0.549. The van der Waals surface area contributed by atoms with Gasteiger partial charge in [0.05, 0.1) is 12.7 Å². The molecular formula is C21H18N2O4. The van der Waals surface area contributed by atoms with Crippen LogP contribution in [0.4, 0.5) is 11.4 Å². The molecule has 0 fully saturated rings. The number of phenols is 2. The summed E-state index contributed by atoms with van der Waals surface area (Å²) in [6.07, 6.45) is -0.549. The van der Waals surface area contributed by atoms with E-state index in [0.717, 1.165) is 0 Å². The van der Waals surface area contributed by atoms with Gasteiger partial charge in [0.15, 0.2) is 11.5 Å². The molecule has 1 atom stereocenters. The second-order valence-corrected chi connectivity index (χ2v) is 6.21. The molecule has 0 bridgehead atoms. The zero-order valence-corrected chi connectivity index (χ0v) is 14.6. The fraction of sp³-hybridized carbons (Fsp3) is 0.0952. The number of ether oxygens (including phenoxy) is 1. The van der Waals surface area contributed by atoms with Crippen LogP contribution in [0, 0.1) is 0 Å². The standard InChI is InChI=1S/C21H18N2O4/c1-27-15-9-7-14(8-10-15)23-20(13-6-11-18(24)19(25)12-13)22-17-5-3-2-4-16(17)21(23)26/h2-12,20,22,24-25H,1H3/t20-/m1/s1. The molecule has 1 heterocycles. The van der Waals surface area contributed by atoms with Crippen molar-refractivity contribution in [3.63, 3.8) is 0 Å². The predicted molar refractivity (Wildman–Crippen MR) is 102 cm³/mol. The van der Waals surface area contributed by atoms with E-state index in [0.29, 0.717) is 28.3 Å². The Bertz CT molecular complexity index is 1000. The van der Waals surface area contributed by atoms with Crippen LogP contribution < -0.4 is 15.0 Å². The molecule has 0 aliphatic carbocycles. The van der Waals surface area contributed by atoms with Crippen LogP contribution >= 0.6 is 0 Å². The monoisotopic (exact) mass is 362 g/mol. The first-order chi connectivity index (χ1) is 13.1. The normalized spacial score (nSPS) is 15.8. The second kappa shape index (κ2) is 6.57. The fourth-order valence-electron chi connectivity index (χ4n) is 3.21. The Labute approximate surface area is 156 Å². The van der Waals surface area contributed by atoms with Gasteiger partial charge in [-0.25, -0.2) is 0 Å². The average molecular weight is 362 g/mol. The van der Waals surface area contributed by atoms with Gasteiger partial charge in [-0.2, -0.15) is 0 Å². The number of rotatable bonds is 3. The van der Waals surface area contributed by atoms with Crippen LogP contribution in [-0.2, 0) is 0 Å². The lowest BCUT2D eigenvalue weighted by atomic mass is 10.0. The van der Waals surface area contributed by atoms with Crippen molar-refractivity contribution < 1.29 is 19.7 Å². The molecule has 4 rings (SSSR count). The molecule has 3 aromatic rings. The zero-order valence-electron chi connectivity index (χ0n) is 14.6. The zero-order chi connectivity index (χ0) is 19.0. The Hall–Kier alpha value is -3.67. The minimum absolute atomic E-state index is 0.160. The number of anilines is 2. The smallest absolute Gasteiger partial charge is 0.262 e. The summed E-state index contributed by atoms with van der Waals surface area (Å²) in [5.74, 6) is 0.0787. The maximum Gasteiger partial charge on any atom is 0.262 e. The van der Waals surface area contributed by atoms with E-state index in [9.17, 15) is 15.0 Å². The van der Waals surface area contributed by atoms with Gasteiger partial charge in [-0.3, -0.25) is 9.69 Å². The van der Waals surface area contributed by atoms with Gasteiger partial charge >= 0.3 is 0 Å². The highest BCUT2D eigenvalue weighted by Gasteiger charge is 2.34. The Kier molecular flexibility index (Phi) is 4.08. The van der Waals surface area contributed by atoms with E-state index in [2.05, 4.69) is 5.32 Å². The minimum Gasteiger partial charge on any atom is -0.504 e. The number of hydrogen-bond donors (Lipinski definition) is 3. The number of benzene rings is 3. The van der Waals surface area contributed by atoms with Crippen molar-refractivity contribution in [1.82, 2.24) is 0 Å². The number of carbonyl (C=O) groups is 1. The fourth-order valence-corrected chi connectivity index (χ4v) is 3.21. The molecule has 27 heavy (non-hydrogen) atoms. The molecule has 6 heteroatoms. The van der Waals surface area contributed by atoms with E-state index in [1.807, 2.05) is 18.2 Å². The van der Waals surface area contributed by atoms with Crippen molar-refractivity contribution in [2.75, 3.05) is 17.3 Å². The third-order valence-corrected chi connectivity index (χ3v) is 4.59. The van der Waals surface area contributed by atoms with E-state index in [1.54, 1.807) is 48.4 Å². The number of phenolic OH excluding ortho intramolecular Hbond substituents is 2. The molecule has 1 aliphatic rings. The van der Waals surface area contributed by atoms with E-state index in [1.165, 1.54) is 12.1 Å². The summed E-state index contributed by atoms with van der Waals surface area (Å²) in [6.45, 7) is 0. The molecule has 0 radical (unpaired) electrons. The molecule has 3 aromatic carbocycles. The van der Waals surface area contributed by atoms with Crippen molar-refractivity contribution in [2.45, 2.75) is 6.17 Å². The van der Waals surface area contributed by atoms with Gasteiger partial charge < -0.3 is 20.3 Å². The summed E-state index contributed by atoms with van der Waals surface area (Å²) in [6, 6.07) is 19.0. The van der Waals surface area contributed by atoms with E-state index in [-0.39, 0.29) is 17.4 Å². The highest BCUT2D eigenvalue weighted by molar-refractivity contribution is 6.12. The molecule has 0 spiro atoms. The van der Waals surface area contributed by atoms with Crippen LogP contribution in [0.25, 0.3) is 0 Å². The number of nitrogens with zero attached hydrogens (tertiary/aromatic N) is 1.